The third kappa shape index (κ3) is 6.62. The third-order valence-corrected chi connectivity index (χ3v) is 4.22. The van der Waals surface area contributed by atoms with Crippen LogP contribution in [0.25, 0.3) is 0 Å². The number of amides is 2. The minimum absolute atomic E-state index is 0.111. The summed E-state index contributed by atoms with van der Waals surface area (Å²) in [6.07, 6.45) is -0.827. The van der Waals surface area contributed by atoms with E-state index in [4.69, 9.17) is 4.74 Å². The molecule has 0 spiro atoms. The van der Waals surface area contributed by atoms with Gasteiger partial charge in [0.2, 0.25) is 11.8 Å². The average Bonchev–Trinajstić information content (AvgIpc) is 2.65. The van der Waals surface area contributed by atoms with E-state index in [1.807, 2.05) is 0 Å². The normalized spacial score (nSPS) is 16.4. The third-order valence-electron chi connectivity index (χ3n) is 4.22. The monoisotopic (exact) mass is 411 g/mol. The Morgan fingerprint density at radius 3 is 2.66 bits per heavy atom. The Morgan fingerprint density at radius 1 is 1.31 bits per heavy atom. The molecule has 0 saturated carbocycles. The predicted octanol–water partition coefficient (Wildman–Crippen LogP) is 3.21. The van der Waals surface area contributed by atoms with E-state index in [2.05, 4.69) is 15.6 Å². The van der Waals surface area contributed by atoms with Crippen molar-refractivity contribution in [1.29, 1.82) is 0 Å². The van der Waals surface area contributed by atoms with Crippen molar-refractivity contribution in [3.05, 3.63) is 41.2 Å². The number of hydrogen-bond acceptors (Lipinski definition) is 4. The van der Waals surface area contributed by atoms with E-state index >= 15 is 0 Å². The van der Waals surface area contributed by atoms with E-state index < -0.39 is 17.7 Å². The Balaban J connectivity index is 1.82. The fraction of sp³-hybridized carbons (Fsp3) is 0.450. The first kappa shape index (κ1) is 22.4. The van der Waals surface area contributed by atoms with Crippen LogP contribution in [0.1, 0.15) is 31.4 Å². The molecule has 0 bridgehead atoms. The molecular weight excluding hydrogens is 387 g/mol. The minimum Gasteiger partial charge on any atom is -0.491 e. The van der Waals surface area contributed by atoms with Crippen LogP contribution >= 0.6 is 0 Å². The summed E-state index contributed by atoms with van der Waals surface area (Å²) in [6.45, 7) is 5.34. The van der Waals surface area contributed by atoms with E-state index in [-0.39, 0.29) is 30.9 Å². The number of ether oxygens (including phenoxy) is 1. The van der Waals surface area contributed by atoms with Gasteiger partial charge in [0.15, 0.2) is 0 Å². The molecule has 1 aromatic rings. The van der Waals surface area contributed by atoms with Crippen molar-refractivity contribution in [3.8, 4) is 5.75 Å². The van der Waals surface area contributed by atoms with Gasteiger partial charge in [-0.15, -0.1) is 0 Å². The molecule has 6 nitrogen and oxygen atoms in total. The van der Waals surface area contributed by atoms with Crippen LogP contribution in [0.15, 0.2) is 35.1 Å². The predicted molar refractivity (Wildman–Crippen MR) is 102 cm³/mol. The van der Waals surface area contributed by atoms with Crippen molar-refractivity contribution >= 4 is 18.0 Å². The lowest BCUT2D eigenvalue weighted by Gasteiger charge is -2.17. The molecule has 0 radical (unpaired) electrons. The second kappa shape index (κ2) is 9.58. The Kier molecular flexibility index (Phi) is 7.41. The maximum Gasteiger partial charge on any atom is 0.416 e. The number of hydrogen-bond donors (Lipinski definition) is 2. The van der Waals surface area contributed by atoms with Crippen LogP contribution in [0.5, 0.6) is 5.75 Å². The topological polar surface area (TPSA) is 79.8 Å². The van der Waals surface area contributed by atoms with Gasteiger partial charge in [0.25, 0.3) is 0 Å². The standard InChI is InChI=1S/C20H24F3N3O3/c1-12(2)18(27)26-17-11-14(6-7-24-17)19(28)25-8-9-29-16-5-4-15(10-13(16)3)20(21,22)23/h4-5,7,10-12,14H,6,8-9H2,1-3H3,(H,25,28)(H,26,27). The molecule has 0 saturated heterocycles. The molecule has 1 aliphatic heterocycles. The summed E-state index contributed by atoms with van der Waals surface area (Å²) < 4.78 is 43.5. The molecule has 0 aliphatic carbocycles. The van der Waals surface area contributed by atoms with Crippen LogP contribution in [0, 0.1) is 18.8 Å². The molecule has 1 unspecified atom stereocenters. The van der Waals surface area contributed by atoms with Gasteiger partial charge in [-0.05, 0) is 43.2 Å². The number of nitrogens with zero attached hydrogens (tertiary/aromatic N) is 1. The van der Waals surface area contributed by atoms with Crippen molar-refractivity contribution in [3.63, 3.8) is 0 Å². The highest BCUT2D eigenvalue weighted by molar-refractivity contribution is 5.85. The van der Waals surface area contributed by atoms with Gasteiger partial charge in [0.05, 0.1) is 18.0 Å². The van der Waals surface area contributed by atoms with Crippen molar-refractivity contribution in [1.82, 2.24) is 10.6 Å². The molecule has 1 atom stereocenters. The van der Waals surface area contributed by atoms with Crippen molar-refractivity contribution < 1.29 is 27.5 Å². The highest BCUT2D eigenvalue weighted by Crippen LogP contribution is 2.32. The van der Waals surface area contributed by atoms with E-state index in [1.54, 1.807) is 26.1 Å². The maximum absolute atomic E-state index is 12.7. The summed E-state index contributed by atoms with van der Waals surface area (Å²) >= 11 is 0. The van der Waals surface area contributed by atoms with Gasteiger partial charge in [-0.3, -0.25) is 9.59 Å². The van der Waals surface area contributed by atoms with Gasteiger partial charge in [-0.1, -0.05) is 13.8 Å². The zero-order valence-electron chi connectivity index (χ0n) is 16.5. The fourth-order valence-electron chi connectivity index (χ4n) is 2.55. The van der Waals surface area contributed by atoms with Crippen LogP contribution in [0.2, 0.25) is 0 Å². The van der Waals surface area contributed by atoms with Gasteiger partial charge >= 0.3 is 6.18 Å². The van der Waals surface area contributed by atoms with E-state index in [0.717, 1.165) is 12.1 Å². The van der Waals surface area contributed by atoms with Gasteiger partial charge in [0.1, 0.15) is 18.2 Å². The molecule has 0 fully saturated rings. The zero-order valence-corrected chi connectivity index (χ0v) is 16.5. The molecule has 1 heterocycles. The molecule has 29 heavy (non-hydrogen) atoms. The van der Waals surface area contributed by atoms with Crippen LogP contribution < -0.4 is 15.4 Å². The largest absolute Gasteiger partial charge is 0.491 e. The summed E-state index contributed by atoms with van der Waals surface area (Å²) in [4.78, 5) is 28.1. The quantitative estimate of drug-likeness (QED) is 0.677. The molecule has 2 rings (SSSR count). The summed E-state index contributed by atoms with van der Waals surface area (Å²) in [6, 6.07) is 3.25. The number of nitrogens with one attached hydrogen (secondary N) is 2. The summed E-state index contributed by atoms with van der Waals surface area (Å²) in [5, 5.41) is 5.36. The van der Waals surface area contributed by atoms with E-state index in [9.17, 15) is 22.8 Å². The van der Waals surface area contributed by atoms with Gasteiger partial charge in [0, 0.05) is 12.1 Å². The fourth-order valence-corrected chi connectivity index (χ4v) is 2.55. The van der Waals surface area contributed by atoms with Gasteiger partial charge < -0.3 is 15.4 Å². The molecule has 9 heteroatoms. The molecule has 2 amide bonds. The first-order valence-electron chi connectivity index (χ1n) is 9.21. The van der Waals surface area contributed by atoms with Crippen LogP contribution in [-0.4, -0.2) is 31.2 Å². The zero-order chi connectivity index (χ0) is 21.6. The molecule has 1 aliphatic rings. The van der Waals surface area contributed by atoms with E-state index in [1.165, 1.54) is 13.0 Å². The number of aliphatic imine (C=N–C) groups is 1. The molecule has 158 valence electrons. The Labute approximate surface area is 167 Å². The number of alkyl halides is 3. The number of carbonyl (C=O) groups excluding carboxylic acids is 2. The first-order chi connectivity index (χ1) is 13.6. The van der Waals surface area contributed by atoms with Crippen molar-refractivity contribution in [2.75, 3.05) is 13.2 Å². The maximum atomic E-state index is 12.7. The van der Waals surface area contributed by atoms with Gasteiger partial charge in [-0.2, -0.15) is 13.2 Å². The highest BCUT2D eigenvalue weighted by Gasteiger charge is 2.30. The lowest BCUT2D eigenvalue weighted by molar-refractivity contribution is -0.137. The van der Waals surface area contributed by atoms with Crippen molar-refractivity contribution in [2.45, 2.75) is 33.4 Å². The van der Waals surface area contributed by atoms with Gasteiger partial charge in [-0.25, -0.2) is 4.99 Å². The second-order valence-electron chi connectivity index (χ2n) is 6.97. The number of carbonyl (C=O) groups is 2. The van der Waals surface area contributed by atoms with E-state index in [0.29, 0.717) is 23.6 Å². The average molecular weight is 411 g/mol. The molecule has 0 aromatic heterocycles. The SMILES string of the molecule is Cc1cc(C(F)(F)F)ccc1OCCNC(=O)C1C=C(NC(=O)C(C)C)N=CC1. The molecule has 2 N–H and O–H groups in total. The first-order valence-corrected chi connectivity index (χ1v) is 9.21. The number of halogens is 3. The number of benzene rings is 1. The Morgan fingerprint density at radius 2 is 2.03 bits per heavy atom. The van der Waals surface area contributed by atoms with Crippen LogP contribution in [-0.2, 0) is 15.8 Å². The molecule has 1 aromatic carbocycles. The highest BCUT2D eigenvalue weighted by atomic mass is 19.4. The Hall–Kier alpha value is -2.84. The smallest absolute Gasteiger partial charge is 0.416 e. The summed E-state index contributed by atoms with van der Waals surface area (Å²) in [7, 11) is 0. The number of rotatable bonds is 7. The lowest BCUT2D eigenvalue weighted by atomic mass is 10.0. The van der Waals surface area contributed by atoms with Crippen LogP contribution in [0.4, 0.5) is 13.2 Å². The van der Waals surface area contributed by atoms with Crippen molar-refractivity contribution in [2.24, 2.45) is 16.8 Å². The summed E-state index contributed by atoms with van der Waals surface area (Å²) in [5.74, 6) is -0.439. The van der Waals surface area contributed by atoms with Crippen LogP contribution in [0.3, 0.4) is 0 Å². The Bertz CT molecular complexity index is 817. The minimum atomic E-state index is -4.40. The number of aryl methyl sites for hydroxylation is 1. The lowest BCUT2D eigenvalue weighted by Crippen LogP contribution is -2.35. The molecular formula is C20H24F3N3O3. The summed E-state index contributed by atoms with van der Waals surface area (Å²) in [5.41, 5.74) is -0.370. The second-order valence-corrected chi connectivity index (χ2v) is 6.97.